The molecule has 0 radical (unpaired) electrons. The Hall–Kier alpha value is -1.43. The van der Waals surface area contributed by atoms with E-state index in [9.17, 15) is 4.79 Å². The summed E-state index contributed by atoms with van der Waals surface area (Å²) in [6.07, 6.45) is -1.34. The molecule has 0 aliphatic rings. The number of carbonyl (C=O) groups is 1. The van der Waals surface area contributed by atoms with Crippen LogP contribution in [-0.4, -0.2) is 35.7 Å². The molecule has 0 fully saturated rings. The van der Waals surface area contributed by atoms with Crippen LogP contribution in [0.3, 0.4) is 0 Å². The number of rotatable bonds is 6. The van der Waals surface area contributed by atoms with Crippen molar-refractivity contribution in [1.29, 1.82) is 0 Å². The molecule has 5 heteroatoms. The van der Waals surface area contributed by atoms with E-state index in [0.29, 0.717) is 0 Å². The average molecular weight is 226 g/mol. The highest BCUT2D eigenvalue weighted by molar-refractivity contribution is 5.70. The summed E-state index contributed by atoms with van der Waals surface area (Å²) in [6.45, 7) is -0.765. The summed E-state index contributed by atoms with van der Waals surface area (Å²) in [5, 5.41) is 17.2. The summed E-state index contributed by atoms with van der Waals surface area (Å²) < 4.78 is 9.44. The van der Waals surface area contributed by atoms with Gasteiger partial charge in [-0.25, -0.2) is 4.79 Å². The molecule has 0 saturated heterocycles. The fraction of sp³-hybridized carbons (Fsp3) is 0.364. The van der Waals surface area contributed by atoms with Gasteiger partial charge in [-0.2, -0.15) is 0 Å². The fourth-order valence-corrected chi connectivity index (χ4v) is 0.997. The van der Waals surface area contributed by atoms with Crippen molar-refractivity contribution in [2.75, 3.05) is 13.2 Å². The third-order valence-electron chi connectivity index (χ3n) is 1.79. The Balaban J connectivity index is 2.20. The molecule has 16 heavy (non-hydrogen) atoms. The minimum Gasteiger partial charge on any atom is -0.459 e. The van der Waals surface area contributed by atoms with E-state index in [0.717, 1.165) is 5.56 Å². The molecule has 0 saturated carbocycles. The van der Waals surface area contributed by atoms with Crippen LogP contribution in [0.2, 0.25) is 0 Å². The highest BCUT2D eigenvalue weighted by atomic mass is 16.6. The van der Waals surface area contributed by atoms with Crippen molar-refractivity contribution in [3.63, 3.8) is 0 Å². The molecule has 1 rings (SSSR count). The van der Waals surface area contributed by atoms with Gasteiger partial charge in [-0.15, -0.1) is 0 Å². The lowest BCUT2D eigenvalue weighted by atomic mass is 10.2. The summed E-state index contributed by atoms with van der Waals surface area (Å²) in [6, 6.07) is 9.21. The second-order valence-corrected chi connectivity index (χ2v) is 3.09. The monoisotopic (exact) mass is 226 g/mol. The molecule has 0 amide bonds. The predicted octanol–water partition coefficient (Wildman–Crippen LogP) is 0.0571. The number of esters is 1. The van der Waals surface area contributed by atoms with Crippen molar-refractivity contribution in [2.24, 2.45) is 0 Å². The zero-order valence-corrected chi connectivity index (χ0v) is 8.70. The van der Waals surface area contributed by atoms with Crippen molar-refractivity contribution in [1.82, 2.24) is 0 Å². The van der Waals surface area contributed by atoms with Crippen LogP contribution in [0.5, 0.6) is 0 Å². The van der Waals surface area contributed by atoms with Gasteiger partial charge in [-0.1, -0.05) is 30.3 Å². The highest BCUT2D eigenvalue weighted by Crippen LogP contribution is 2.00. The molecular formula is C11H14O5. The Morgan fingerprint density at radius 1 is 1.31 bits per heavy atom. The van der Waals surface area contributed by atoms with Crippen molar-refractivity contribution < 1.29 is 24.5 Å². The van der Waals surface area contributed by atoms with E-state index in [1.165, 1.54) is 0 Å². The van der Waals surface area contributed by atoms with Gasteiger partial charge < -0.3 is 19.7 Å². The van der Waals surface area contributed by atoms with Crippen molar-refractivity contribution in [3.8, 4) is 0 Å². The van der Waals surface area contributed by atoms with Crippen LogP contribution in [0, 0.1) is 0 Å². The summed E-state index contributed by atoms with van der Waals surface area (Å²) in [4.78, 5) is 11.1. The Morgan fingerprint density at radius 2 is 2.00 bits per heavy atom. The third-order valence-corrected chi connectivity index (χ3v) is 1.79. The van der Waals surface area contributed by atoms with Gasteiger partial charge in [0.2, 0.25) is 0 Å². The smallest absolute Gasteiger partial charge is 0.332 e. The average Bonchev–Trinajstić information content (AvgIpc) is 2.34. The first-order chi connectivity index (χ1) is 7.72. The molecule has 0 spiro atoms. The van der Waals surface area contributed by atoms with Crippen molar-refractivity contribution in [2.45, 2.75) is 12.9 Å². The second kappa shape index (κ2) is 6.95. The minimum absolute atomic E-state index is 0.165. The van der Waals surface area contributed by atoms with Crippen LogP contribution in [0.15, 0.2) is 30.3 Å². The zero-order chi connectivity index (χ0) is 11.8. The van der Waals surface area contributed by atoms with E-state index >= 15 is 0 Å². The van der Waals surface area contributed by atoms with E-state index in [1.54, 1.807) is 0 Å². The number of hydrogen-bond acceptors (Lipinski definition) is 5. The molecule has 88 valence electrons. The van der Waals surface area contributed by atoms with E-state index < -0.39 is 18.9 Å². The first kappa shape index (κ1) is 12.6. The van der Waals surface area contributed by atoms with Gasteiger partial charge in [0.15, 0.2) is 6.29 Å². The molecule has 1 unspecified atom stereocenters. The van der Waals surface area contributed by atoms with Crippen LogP contribution in [0.25, 0.3) is 0 Å². The molecule has 2 N–H and O–H groups in total. The number of ether oxygens (including phenoxy) is 2. The lowest BCUT2D eigenvalue weighted by Gasteiger charge is -2.08. The molecule has 1 atom stereocenters. The maximum absolute atomic E-state index is 11.1. The van der Waals surface area contributed by atoms with Gasteiger partial charge in [0.1, 0.15) is 13.2 Å². The normalized spacial score (nSPS) is 12.1. The summed E-state index contributed by atoms with van der Waals surface area (Å²) in [5.74, 6) is -0.587. The van der Waals surface area contributed by atoms with Gasteiger partial charge in [0.05, 0.1) is 6.61 Å². The summed E-state index contributed by atoms with van der Waals surface area (Å²) in [7, 11) is 0. The van der Waals surface area contributed by atoms with Gasteiger partial charge in [0.25, 0.3) is 0 Å². The quantitative estimate of drug-likeness (QED) is 0.529. The number of carbonyl (C=O) groups excluding carboxylic acids is 1. The lowest BCUT2D eigenvalue weighted by Crippen LogP contribution is -2.22. The Labute approximate surface area is 93.2 Å². The SMILES string of the molecule is O=C(COC(O)CO)OCc1ccccc1. The standard InChI is InChI=1S/C11H14O5/c12-6-10(13)16-8-11(14)15-7-9-4-2-1-3-5-9/h1-5,10,12-13H,6-8H2. The van der Waals surface area contributed by atoms with Crippen molar-refractivity contribution >= 4 is 5.97 Å². The molecule has 0 aromatic heterocycles. The lowest BCUT2D eigenvalue weighted by molar-refractivity contribution is -0.168. The highest BCUT2D eigenvalue weighted by Gasteiger charge is 2.07. The minimum atomic E-state index is -1.34. The topological polar surface area (TPSA) is 76.0 Å². The first-order valence-electron chi connectivity index (χ1n) is 4.82. The Kier molecular flexibility index (Phi) is 5.49. The second-order valence-electron chi connectivity index (χ2n) is 3.09. The first-order valence-corrected chi connectivity index (χ1v) is 4.82. The fourth-order valence-electron chi connectivity index (χ4n) is 0.997. The molecular weight excluding hydrogens is 212 g/mol. The molecule has 0 bridgehead atoms. The number of aliphatic hydroxyl groups excluding tert-OH is 2. The van der Waals surface area contributed by atoms with Gasteiger partial charge in [0, 0.05) is 0 Å². The van der Waals surface area contributed by atoms with Crippen molar-refractivity contribution in [3.05, 3.63) is 35.9 Å². The molecule has 5 nitrogen and oxygen atoms in total. The van der Waals surface area contributed by atoms with Gasteiger partial charge in [-0.05, 0) is 5.56 Å². The van der Waals surface area contributed by atoms with Crippen LogP contribution in [-0.2, 0) is 20.9 Å². The zero-order valence-electron chi connectivity index (χ0n) is 8.70. The number of benzene rings is 1. The van der Waals surface area contributed by atoms with Crippen LogP contribution < -0.4 is 0 Å². The van der Waals surface area contributed by atoms with E-state index in [-0.39, 0.29) is 13.2 Å². The molecule has 0 aliphatic carbocycles. The predicted molar refractivity (Wildman–Crippen MR) is 55.3 cm³/mol. The number of hydrogen-bond donors (Lipinski definition) is 2. The number of aliphatic hydroxyl groups is 2. The maximum atomic E-state index is 11.1. The van der Waals surface area contributed by atoms with E-state index in [1.807, 2.05) is 30.3 Å². The van der Waals surface area contributed by atoms with Crippen LogP contribution in [0.4, 0.5) is 0 Å². The van der Waals surface area contributed by atoms with Crippen LogP contribution >= 0.6 is 0 Å². The molecule has 1 aromatic carbocycles. The van der Waals surface area contributed by atoms with E-state index in [4.69, 9.17) is 14.9 Å². The third kappa shape index (κ3) is 4.88. The largest absolute Gasteiger partial charge is 0.459 e. The molecule has 0 aliphatic heterocycles. The van der Waals surface area contributed by atoms with Crippen LogP contribution in [0.1, 0.15) is 5.56 Å². The maximum Gasteiger partial charge on any atom is 0.332 e. The Bertz CT molecular complexity index is 311. The molecule has 0 heterocycles. The van der Waals surface area contributed by atoms with E-state index in [2.05, 4.69) is 4.74 Å². The Morgan fingerprint density at radius 3 is 2.62 bits per heavy atom. The van der Waals surface area contributed by atoms with Gasteiger partial charge in [-0.3, -0.25) is 0 Å². The summed E-state index contributed by atoms with van der Waals surface area (Å²) >= 11 is 0. The summed E-state index contributed by atoms with van der Waals surface area (Å²) in [5.41, 5.74) is 0.874. The molecule has 1 aromatic rings. The van der Waals surface area contributed by atoms with Gasteiger partial charge >= 0.3 is 5.97 Å².